The van der Waals surface area contributed by atoms with Gasteiger partial charge in [0.25, 0.3) is 0 Å². The van der Waals surface area contributed by atoms with Gasteiger partial charge in [0.05, 0.1) is 17.6 Å². The molecule has 3 aromatic carbocycles. The van der Waals surface area contributed by atoms with Crippen LogP contribution in [-0.4, -0.2) is 29.4 Å². The zero-order valence-corrected chi connectivity index (χ0v) is 22.1. The Balaban J connectivity index is 1.49. The van der Waals surface area contributed by atoms with Crippen LogP contribution in [0.2, 0.25) is 0 Å². The summed E-state index contributed by atoms with van der Waals surface area (Å²) in [5, 5.41) is 4.13. The standard InChI is InChI=1S/C32H32N2O2S/c1-23-15-17-26(18-16-23)31-30(28-14-9-21-37-28)32(36-34(31)27-12-7-4-8-13-27)22-33(20-19-29(32)35)24(2)25-10-5-3-6-11-25/h3-18,21,24,30-31H,19-20,22H2,1-2H3/t24-,30?,31+,32+/m1/s1. The van der Waals surface area contributed by atoms with Gasteiger partial charge in [0.1, 0.15) is 0 Å². The van der Waals surface area contributed by atoms with E-state index in [0.29, 0.717) is 13.0 Å². The van der Waals surface area contributed by atoms with Gasteiger partial charge in [0, 0.05) is 30.4 Å². The van der Waals surface area contributed by atoms with Gasteiger partial charge in [-0.05, 0) is 48.6 Å². The van der Waals surface area contributed by atoms with E-state index in [1.807, 2.05) is 29.3 Å². The molecule has 0 N–H and O–H groups in total. The van der Waals surface area contributed by atoms with E-state index in [1.165, 1.54) is 16.0 Å². The highest BCUT2D eigenvalue weighted by Crippen LogP contribution is 2.56. The van der Waals surface area contributed by atoms with Gasteiger partial charge in [0.2, 0.25) is 0 Å². The van der Waals surface area contributed by atoms with Crippen LogP contribution in [0.1, 0.15) is 52.9 Å². The number of hydrogen-bond acceptors (Lipinski definition) is 5. The van der Waals surface area contributed by atoms with E-state index < -0.39 is 5.60 Å². The van der Waals surface area contributed by atoms with Crippen LogP contribution >= 0.6 is 11.3 Å². The van der Waals surface area contributed by atoms with Crippen molar-refractivity contribution in [3.05, 3.63) is 124 Å². The Kier molecular flexibility index (Phi) is 6.45. The fraction of sp³-hybridized carbons (Fsp3) is 0.281. The second-order valence-electron chi connectivity index (χ2n) is 10.2. The number of para-hydroxylation sites is 1. The SMILES string of the molecule is Cc1ccc([C@H]2C(c3cccs3)[C@@]3(CN([C@H](C)c4ccccc4)CCC3=O)ON2c2ccccc2)cc1. The largest absolute Gasteiger partial charge is 0.296 e. The summed E-state index contributed by atoms with van der Waals surface area (Å²) in [7, 11) is 0. The predicted molar refractivity (Wildman–Crippen MR) is 150 cm³/mol. The zero-order valence-electron chi connectivity index (χ0n) is 21.3. The van der Waals surface area contributed by atoms with E-state index in [1.54, 1.807) is 11.3 Å². The van der Waals surface area contributed by atoms with Crippen LogP contribution in [0.5, 0.6) is 0 Å². The first kappa shape index (κ1) is 24.1. The van der Waals surface area contributed by atoms with Gasteiger partial charge in [0.15, 0.2) is 11.4 Å². The second kappa shape index (κ2) is 9.90. The number of ketones is 1. The van der Waals surface area contributed by atoms with Crippen molar-refractivity contribution in [1.29, 1.82) is 0 Å². The molecule has 2 aliphatic heterocycles. The molecule has 0 aliphatic carbocycles. The molecule has 0 amide bonds. The van der Waals surface area contributed by atoms with Crippen molar-refractivity contribution in [2.75, 3.05) is 18.2 Å². The number of Topliss-reactive ketones (excluding diaryl/α,β-unsaturated/α-hetero) is 1. The summed E-state index contributed by atoms with van der Waals surface area (Å²) < 4.78 is 0. The number of hydroxylamine groups is 1. The van der Waals surface area contributed by atoms with Gasteiger partial charge in [-0.2, -0.15) is 0 Å². The van der Waals surface area contributed by atoms with E-state index >= 15 is 0 Å². The van der Waals surface area contributed by atoms with Crippen molar-refractivity contribution in [1.82, 2.24) is 4.90 Å². The molecule has 37 heavy (non-hydrogen) atoms. The van der Waals surface area contributed by atoms with Gasteiger partial charge in [-0.15, -0.1) is 11.3 Å². The van der Waals surface area contributed by atoms with Gasteiger partial charge in [-0.1, -0.05) is 84.4 Å². The van der Waals surface area contributed by atoms with Gasteiger partial charge in [-0.3, -0.25) is 14.5 Å². The first-order valence-electron chi connectivity index (χ1n) is 13.0. The fourth-order valence-electron chi connectivity index (χ4n) is 5.96. The Morgan fingerprint density at radius 1 is 0.919 bits per heavy atom. The number of carbonyl (C=O) groups excluding carboxylic acids is 1. The summed E-state index contributed by atoms with van der Waals surface area (Å²) in [5.74, 6) is 0.0617. The van der Waals surface area contributed by atoms with Crippen molar-refractivity contribution in [3.8, 4) is 0 Å². The Morgan fingerprint density at radius 2 is 1.62 bits per heavy atom. The maximum absolute atomic E-state index is 14.1. The molecule has 1 spiro atoms. The van der Waals surface area contributed by atoms with E-state index in [9.17, 15) is 4.79 Å². The fourth-order valence-corrected chi connectivity index (χ4v) is 6.90. The molecular weight excluding hydrogens is 476 g/mol. The number of carbonyl (C=O) groups is 1. The molecule has 188 valence electrons. The minimum atomic E-state index is -0.975. The van der Waals surface area contributed by atoms with Crippen LogP contribution in [0, 0.1) is 6.92 Å². The Hall–Kier alpha value is -3.25. The quantitative estimate of drug-likeness (QED) is 0.288. The molecule has 4 atom stereocenters. The summed E-state index contributed by atoms with van der Waals surface area (Å²) in [6.07, 6.45) is 0.475. The molecule has 2 saturated heterocycles. The van der Waals surface area contributed by atoms with Gasteiger partial charge >= 0.3 is 0 Å². The van der Waals surface area contributed by atoms with E-state index in [0.717, 1.165) is 17.8 Å². The number of rotatable bonds is 5. The maximum Gasteiger partial charge on any atom is 0.176 e. The first-order valence-corrected chi connectivity index (χ1v) is 13.9. The molecule has 5 heteroatoms. The first-order chi connectivity index (χ1) is 18.1. The summed E-state index contributed by atoms with van der Waals surface area (Å²) in [4.78, 5) is 24.7. The van der Waals surface area contributed by atoms with Crippen LogP contribution in [0.15, 0.2) is 102 Å². The molecule has 2 fully saturated rings. The molecule has 2 aliphatic rings. The number of benzene rings is 3. The number of anilines is 1. The van der Waals surface area contributed by atoms with Crippen LogP contribution in [0.4, 0.5) is 5.69 Å². The van der Waals surface area contributed by atoms with Gasteiger partial charge in [-0.25, -0.2) is 5.06 Å². The smallest absolute Gasteiger partial charge is 0.176 e. The summed E-state index contributed by atoms with van der Waals surface area (Å²) >= 11 is 1.72. The summed E-state index contributed by atoms with van der Waals surface area (Å²) in [5.41, 5.74) is 3.62. The molecule has 0 bridgehead atoms. The minimum absolute atomic E-state index is 0.127. The summed E-state index contributed by atoms with van der Waals surface area (Å²) in [6, 6.07) is 33.8. The predicted octanol–water partition coefficient (Wildman–Crippen LogP) is 7.11. The van der Waals surface area contributed by atoms with Crippen molar-refractivity contribution in [3.63, 3.8) is 0 Å². The number of aryl methyl sites for hydroxylation is 1. The highest BCUT2D eigenvalue weighted by atomic mass is 32.1. The van der Waals surface area contributed by atoms with Crippen molar-refractivity contribution < 1.29 is 9.63 Å². The maximum atomic E-state index is 14.1. The Labute approximate surface area is 223 Å². The molecular formula is C32H32N2O2S. The van der Waals surface area contributed by atoms with Crippen LogP contribution in [0.25, 0.3) is 0 Å². The minimum Gasteiger partial charge on any atom is -0.296 e. The van der Waals surface area contributed by atoms with E-state index in [4.69, 9.17) is 4.84 Å². The average molecular weight is 509 g/mol. The number of piperidine rings is 1. The number of likely N-dealkylation sites (tertiary alicyclic amines) is 1. The average Bonchev–Trinajstić information content (AvgIpc) is 3.58. The highest BCUT2D eigenvalue weighted by Gasteiger charge is 2.62. The lowest BCUT2D eigenvalue weighted by Gasteiger charge is -2.43. The molecule has 6 rings (SSSR count). The molecule has 4 aromatic rings. The monoisotopic (exact) mass is 508 g/mol. The zero-order chi connectivity index (χ0) is 25.4. The van der Waals surface area contributed by atoms with Gasteiger partial charge < -0.3 is 0 Å². The normalized spacial score (nSPS) is 25.0. The number of nitrogens with zero attached hydrogens (tertiary/aromatic N) is 2. The Bertz CT molecular complexity index is 1340. The lowest BCUT2D eigenvalue weighted by Crippen LogP contribution is -2.57. The van der Waals surface area contributed by atoms with E-state index in [2.05, 4.69) is 96.9 Å². The van der Waals surface area contributed by atoms with E-state index in [-0.39, 0.29) is 23.8 Å². The third-order valence-corrected chi connectivity index (χ3v) is 8.93. The van der Waals surface area contributed by atoms with Crippen molar-refractivity contribution in [2.45, 2.75) is 43.9 Å². The second-order valence-corrected chi connectivity index (χ2v) is 11.2. The molecule has 0 saturated carbocycles. The molecule has 0 radical (unpaired) electrons. The van der Waals surface area contributed by atoms with Crippen molar-refractivity contribution >= 4 is 22.8 Å². The third kappa shape index (κ3) is 4.31. The topological polar surface area (TPSA) is 32.8 Å². The lowest BCUT2D eigenvalue weighted by atomic mass is 9.74. The molecule has 1 unspecified atom stereocenters. The molecule has 1 aromatic heterocycles. The summed E-state index contributed by atoms with van der Waals surface area (Å²) in [6.45, 7) is 5.63. The lowest BCUT2D eigenvalue weighted by molar-refractivity contribution is -0.151. The molecule has 4 nitrogen and oxygen atoms in total. The van der Waals surface area contributed by atoms with Crippen LogP contribution in [-0.2, 0) is 9.63 Å². The highest BCUT2D eigenvalue weighted by molar-refractivity contribution is 7.10. The number of thiophene rings is 1. The number of hydrogen-bond donors (Lipinski definition) is 0. The van der Waals surface area contributed by atoms with Crippen LogP contribution < -0.4 is 5.06 Å². The third-order valence-electron chi connectivity index (χ3n) is 7.98. The van der Waals surface area contributed by atoms with Crippen molar-refractivity contribution in [2.24, 2.45) is 0 Å². The Morgan fingerprint density at radius 3 is 2.30 bits per heavy atom. The molecule has 3 heterocycles. The van der Waals surface area contributed by atoms with Crippen LogP contribution in [0.3, 0.4) is 0 Å².